The van der Waals surface area contributed by atoms with Crippen molar-refractivity contribution in [2.45, 2.75) is 51.1 Å². The van der Waals surface area contributed by atoms with E-state index in [0.29, 0.717) is 6.54 Å². The predicted octanol–water partition coefficient (Wildman–Crippen LogP) is 1.92. The zero-order chi connectivity index (χ0) is 14.9. The summed E-state index contributed by atoms with van der Waals surface area (Å²) in [5, 5.41) is 2.95. The second-order valence-corrected chi connectivity index (χ2v) is 6.03. The molecule has 2 heterocycles. The Morgan fingerprint density at radius 3 is 2.86 bits per heavy atom. The molecule has 0 spiro atoms. The van der Waals surface area contributed by atoms with E-state index in [2.05, 4.69) is 10.3 Å². The summed E-state index contributed by atoms with van der Waals surface area (Å²) < 4.78 is 2.03. The maximum atomic E-state index is 12.3. The highest BCUT2D eigenvalue weighted by molar-refractivity contribution is 5.86. The summed E-state index contributed by atoms with van der Waals surface area (Å²) in [7, 11) is 0. The van der Waals surface area contributed by atoms with E-state index in [4.69, 9.17) is 5.73 Å². The second kappa shape index (κ2) is 5.48. The molecular weight excluding hydrogens is 264 g/mol. The van der Waals surface area contributed by atoms with Gasteiger partial charge in [0.05, 0.1) is 17.8 Å². The Bertz CT molecular complexity index is 655. The Labute approximate surface area is 124 Å². The van der Waals surface area contributed by atoms with Crippen LogP contribution in [0.1, 0.15) is 43.5 Å². The fourth-order valence-corrected chi connectivity index (χ4v) is 3.04. The maximum absolute atomic E-state index is 12.3. The van der Waals surface area contributed by atoms with Crippen LogP contribution in [0.4, 0.5) is 0 Å². The van der Waals surface area contributed by atoms with Crippen molar-refractivity contribution in [3.05, 3.63) is 35.8 Å². The van der Waals surface area contributed by atoms with Crippen LogP contribution in [0.5, 0.6) is 0 Å². The van der Waals surface area contributed by atoms with Crippen LogP contribution in [0, 0.1) is 6.92 Å². The molecule has 0 saturated heterocycles. The number of aromatic nitrogens is 2. The van der Waals surface area contributed by atoms with Gasteiger partial charge in [-0.25, -0.2) is 4.98 Å². The lowest BCUT2D eigenvalue weighted by Gasteiger charge is -2.31. The molecule has 3 rings (SSSR count). The molecule has 0 bridgehead atoms. The minimum Gasteiger partial charge on any atom is -0.349 e. The normalized spacial score (nSPS) is 17.8. The number of nitrogens with two attached hydrogens (primary N) is 1. The van der Waals surface area contributed by atoms with E-state index in [-0.39, 0.29) is 5.91 Å². The van der Waals surface area contributed by atoms with Gasteiger partial charge in [-0.1, -0.05) is 25.3 Å². The average Bonchev–Trinajstić information content (AvgIpc) is 2.90. The molecule has 1 aliphatic rings. The molecule has 0 aromatic carbocycles. The van der Waals surface area contributed by atoms with Crippen LogP contribution < -0.4 is 11.1 Å². The molecule has 21 heavy (non-hydrogen) atoms. The summed E-state index contributed by atoms with van der Waals surface area (Å²) in [6.45, 7) is 2.47. The van der Waals surface area contributed by atoms with Crippen molar-refractivity contribution in [1.82, 2.24) is 14.7 Å². The summed E-state index contributed by atoms with van der Waals surface area (Å²) >= 11 is 0. The molecule has 112 valence electrons. The van der Waals surface area contributed by atoms with Crippen molar-refractivity contribution < 1.29 is 4.79 Å². The lowest BCUT2D eigenvalue weighted by atomic mass is 9.82. The molecule has 1 aliphatic carbocycles. The first-order valence-corrected chi connectivity index (χ1v) is 7.59. The first kappa shape index (κ1) is 14.1. The van der Waals surface area contributed by atoms with Crippen molar-refractivity contribution in [3.8, 4) is 0 Å². The third-order valence-corrected chi connectivity index (χ3v) is 4.37. The number of pyridine rings is 1. The highest BCUT2D eigenvalue weighted by atomic mass is 16.2. The number of hydrogen-bond acceptors (Lipinski definition) is 3. The van der Waals surface area contributed by atoms with Crippen molar-refractivity contribution in [1.29, 1.82) is 0 Å². The number of nitrogens with zero attached hydrogens (tertiary/aromatic N) is 2. The Kier molecular flexibility index (Phi) is 3.68. The van der Waals surface area contributed by atoms with Gasteiger partial charge >= 0.3 is 0 Å². The SMILES string of the molecule is Cc1cccc2nc(CNC(=O)C3(N)CCCCC3)cn12. The molecule has 5 heteroatoms. The Morgan fingerprint density at radius 1 is 1.38 bits per heavy atom. The third kappa shape index (κ3) is 2.78. The summed E-state index contributed by atoms with van der Waals surface area (Å²) in [4.78, 5) is 16.8. The lowest BCUT2D eigenvalue weighted by Crippen LogP contribution is -2.54. The highest BCUT2D eigenvalue weighted by Gasteiger charge is 2.34. The quantitative estimate of drug-likeness (QED) is 0.905. The Morgan fingerprint density at radius 2 is 2.14 bits per heavy atom. The molecule has 1 saturated carbocycles. The number of nitrogens with one attached hydrogen (secondary N) is 1. The zero-order valence-corrected chi connectivity index (χ0v) is 12.4. The summed E-state index contributed by atoms with van der Waals surface area (Å²) in [6, 6.07) is 5.98. The number of carbonyl (C=O) groups is 1. The van der Waals surface area contributed by atoms with Crippen LogP contribution in [0.3, 0.4) is 0 Å². The molecule has 5 nitrogen and oxygen atoms in total. The minimum atomic E-state index is -0.687. The summed E-state index contributed by atoms with van der Waals surface area (Å²) in [5.41, 5.74) is 8.43. The van der Waals surface area contributed by atoms with Gasteiger partial charge in [-0.2, -0.15) is 0 Å². The fraction of sp³-hybridized carbons (Fsp3) is 0.500. The van der Waals surface area contributed by atoms with Crippen molar-refractivity contribution in [2.75, 3.05) is 0 Å². The lowest BCUT2D eigenvalue weighted by molar-refractivity contribution is -0.127. The maximum Gasteiger partial charge on any atom is 0.240 e. The molecule has 2 aromatic rings. The second-order valence-electron chi connectivity index (χ2n) is 6.03. The van der Waals surface area contributed by atoms with E-state index in [1.807, 2.05) is 35.7 Å². The molecular formula is C16H22N4O. The number of fused-ring (bicyclic) bond motifs is 1. The van der Waals surface area contributed by atoms with Gasteiger partial charge < -0.3 is 15.5 Å². The number of imidazole rings is 1. The van der Waals surface area contributed by atoms with Crippen LogP contribution in [0.15, 0.2) is 24.4 Å². The van der Waals surface area contributed by atoms with Crippen molar-refractivity contribution >= 4 is 11.6 Å². The number of aryl methyl sites for hydroxylation is 1. The van der Waals surface area contributed by atoms with Crippen molar-refractivity contribution in [2.24, 2.45) is 5.73 Å². The molecule has 0 aliphatic heterocycles. The molecule has 2 aromatic heterocycles. The van der Waals surface area contributed by atoms with Crippen LogP contribution in [-0.4, -0.2) is 20.8 Å². The van der Waals surface area contributed by atoms with E-state index >= 15 is 0 Å². The number of carbonyl (C=O) groups excluding carboxylic acids is 1. The van der Waals surface area contributed by atoms with Gasteiger partial charge in [0.25, 0.3) is 0 Å². The first-order chi connectivity index (χ1) is 10.1. The first-order valence-electron chi connectivity index (χ1n) is 7.59. The summed E-state index contributed by atoms with van der Waals surface area (Å²) in [6.07, 6.45) is 6.79. The standard InChI is InChI=1S/C16H22N4O/c1-12-6-5-7-14-19-13(11-20(12)14)10-18-15(21)16(17)8-3-2-4-9-16/h5-7,11H,2-4,8-10,17H2,1H3,(H,18,21). The Hall–Kier alpha value is -1.88. The zero-order valence-electron chi connectivity index (χ0n) is 12.4. The van der Waals surface area contributed by atoms with Crippen LogP contribution in [-0.2, 0) is 11.3 Å². The van der Waals surface area contributed by atoms with E-state index in [1.54, 1.807) is 0 Å². The molecule has 3 N–H and O–H groups in total. The van der Waals surface area contributed by atoms with Gasteiger partial charge in [-0.15, -0.1) is 0 Å². The molecule has 0 atom stereocenters. The highest BCUT2D eigenvalue weighted by Crippen LogP contribution is 2.26. The van der Waals surface area contributed by atoms with Crippen LogP contribution in [0.2, 0.25) is 0 Å². The van der Waals surface area contributed by atoms with Gasteiger partial charge in [-0.05, 0) is 31.9 Å². The van der Waals surface area contributed by atoms with Gasteiger partial charge in [-0.3, -0.25) is 4.79 Å². The van der Waals surface area contributed by atoms with Gasteiger partial charge in [0.2, 0.25) is 5.91 Å². The van der Waals surface area contributed by atoms with E-state index < -0.39 is 5.54 Å². The fourth-order valence-electron chi connectivity index (χ4n) is 3.04. The van der Waals surface area contributed by atoms with Gasteiger partial charge in [0, 0.05) is 11.9 Å². The number of hydrogen-bond donors (Lipinski definition) is 2. The van der Waals surface area contributed by atoms with Gasteiger partial charge in [0.1, 0.15) is 5.65 Å². The molecule has 0 radical (unpaired) electrons. The van der Waals surface area contributed by atoms with Crippen LogP contribution in [0.25, 0.3) is 5.65 Å². The monoisotopic (exact) mass is 286 g/mol. The number of rotatable bonds is 3. The molecule has 0 unspecified atom stereocenters. The predicted molar refractivity (Wildman–Crippen MR) is 81.8 cm³/mol. The average molecular weight is 286 g/mol. The molecule has 1 amide bonds. The Balaban J connectivity index is 1.68. The van der Waals surface area contributed by atoms with E-state index in [0.717, 1.165) is 42.7 Å². The van der Waals surface area contributed by atoms with E-state index in [9.17, 15) is 4.79 Å². The third-order valence-electron chi connectivity index (χ3n) is 4.37. The topological polar surface area (TPSA) is 72.4 Å². The smallest absolute Gasteiger partial charge is 0.240 e. The van der Waals surface area contributed by atoms with Crippen molar-refractivity contribution in [3.63, 3.8) is 0 Å². The van der Waals surface area contributed by atoms with E-state index in [1.165, 1.54) is 6.42 Å². The number of amides is 1. The largest absolute Gasteiger partial charge is 0.349 e. The summed E-state index contributed by atoms with van der Waals surface area (Å²) in [5.74, 6) is -0.0454. The minimum absolute atomic E-state index is 0.0454. The molecule has 1 fully saturated rings. The van der Waals surface area contributed by atoms with Crippen LogP contribution >= 0.6 is 0 Å². The van der Waals surface area contributed by atoms with Gasteiger partial charge in [0.15, 0.2) is 0 Å².